The Morgan fingerprint density at radius 1 is 1.50 bits per heavy atom. The summed E-state index contributed by atoms with van der Waals surface area (Å²) in [5.74, 6) is 0.591. The van der Waals surface area contributed by atoms with Crippen molar-refractivity contribution >= 4 is 49.4 Å². The van der Waals surface area contributed by atoms with Crippen molar-refractivity contribution in [3.05, 3.63) is 33.3 Å². The largest absolute Gasteiger partial charge is 0.341 e. The fourth-order valence-corrected chi connectivity index (χ4v) is 3.76. The molecule has 1 aliphatic carbocycles. The van der Waals surface area contributed by atoms with Crippen LogP contribution in [0.1, 0.15) is 23.2 Å². The van der Waals surface area contributed by atoms with Gasteiger partial charge in [0.2, 0.25) is 0 Å². The van der Waals surface area contributed by atoms with Crippen LogP contribution in [0.15, 0.2) is 22.7 Å². The van der Waals surface area contributed by atoms with Crippen LogP contribution < -0.4 is 0 Å². The first-order chi connectivity index (χ1) is 8.47. The van der Waals surface area contributed by atoms with Gasteiger partial charge in [0.05, 0.1) is 10.6 Å². The molecule has 0 saturated heterocycles. The summed E-state index contributed by atoms with van der Waals surface area (Å²) in [5, 5.41) is 0.502. The highest BCUT2D eigenvalue weighted by Crippen LogP contribution is 2.34. The van der Waals surface area contributed by atoms with Gasteiger partial charge in [-0.1, -0.05) is 43.5 Å². The number of benzene rings is 1. The van der Waals surface area contributed by atoms with E-state index in [1.54, 1.807) is 17.0 Å². The van der Waals surface area contributed by atoms with E-state index in [2.05, 4.69) is 31.9 Å². The number of rotatable bonds is 3. The lowest BCUT2D eigenvalue weighted by atomic mass is 9.85. The SMILES string of the molecule is CN(CC1CC(Br)C1)C(=O)c1cc(Br)ccc1Cl. The molecule has 0 unspecified atom stereocenters. The molecular formula is C13H14Br2ClNO. The molecule has 1 fully saturated rings. The number of hydrogen-bond donors (Lipinski definition) is 0. The smallest absolute Gasteiger partial charge is 0.255 e. The van der Waals surface area contributed by atoms with E-state index < -0.39 is 0 Å². The lowest BCUT2D eigenvalue weighted by Gasteiger charge is -2.34. The molecule has 0 N–H and O–H groups in total. The van der Waals surface area contributed by atoms with Gasteiger partial charge in [-0.25, -0.2) is 0 Å². The molecule has 1 amide bonds. The highest BCUT2D eigenvalue weighted by Gasteiger charge is 2.29. The molecule has 98 valence electrons. The summed E-state index contributed by atoms with van der Waals surface area (Å²) < 4.78 is 0.868. The number of carbonyl (C=O) groups excluding carboxylic acids is 1. The fourth-order valence-electron chi connectivity index (χ4n) is 2.14. The van der Waals surface area contributed by atoms with Crippen LogP contribution in [0, 0.1) is 5.92 Å². The Morgan fingerprint density at radius 2 is 2.17 bits per heavy atom. The molecule has 18 heavy (non-hydrogen) atoms. The molecule has 0 radical (unpaired) electrons. The van der Waals surface area contributed by atoms with Crippen molar-refractivity contribution in [2.24, 2.45) is 5.92 Å². The molecule has 1 aliphatic rings. The number of carbonyl (C=O) groups is 1. The second-order valence-electron chi connectivity index (χ2n) is 4.74. The normalized spacial score (nSPS) is 22.4. The van der Waals surface area contributed by atoms with Gasteiger partial charge in [0.25, 0.3) is 5.91 Å². The molecule has 1 saturated carbocycles. The first kappa shape index (κ1) is 14.4. The quantitative estimate of drug-likeness (QED) is 0.697. The van der Waals surface area contributed by atoms with E-state index in [9.17, 15) is 4.79 Å². The lowest BCUT2D eigenvalue weighted by Crippen LogP contribution is -2.37. The van der Waals surface area contributed by atoms with Gasteiger partial charge >= 0.3 is 0 Å². The predicted molar refractivity (Wildman–Crippen MR) is 81.6 cm³/mol. The monoisotopic (exact) mass is 393 g/mol. The Balaban J connectivity index is 2.03. The molecule has 5 heteroatoms. The maximum atomic E-state index is 12.3. The van der Waals surface area contributed by atoms with E-state index in [1.165, 1.54) is 0 Å². The molecule has 0 bridgehead atoms. The van der Waals surface area contributed by atoms with Crippen molar-refractivity contribution in [3.63, 3.8) is 0 Å². The molecule has 0 spiro atoms. The van der Waals surface area contributed by atoms with E-state index in [-0.39, 0.29) is 5.91 Å². The summed E-state index contributed by atoms with van der Waals surface area (Å²) in [5.41, 5.74) is 0.559. The second-order valence-corrected chi connectivity index (χ2v) is 7.36. The molecule has 0 atom stereocenters. The van der Waals surface area contributed by atoms with Crippen LogP contribution in [0.5, 0.6) is 0 Å². The highest BCUT2D eigenvalue weighted by atomic mass is 79.9. The van der Waals surface area contributed by atoms with E-state index in [0.29, 0.717) is 21.3 Å². The van der Waals surface area contributed by atoms with Crippen LogP contribution in [-0.4, -0.2) is 29.2 Å². The van der Waals surface area contributed by atoms with Crippen LogP contribution in [0.3, 0.4) is 0 Å². The van der Waals surface area contributed by atoms with Gasteiger partial charge in [-0.15, -0.1) is 0 Å². The van der Waals surface area contributed by atoms with Crippen LogP contribution in [-0.2, 0) is 0 Å². The van der Waals surface area contributed by atoms with E-state index in [4.69, 9.17) is 11.6 Å². The number of halogens is 3. The molecule has 1 aromatic carbocycles. The first-order valence-corrected chi connectivity index (χ1v) is 7.90. The first-order valence-electron chi connectivity index (χ1n) is 5.82. The predicted octanol–water partition coefficient (Wildman–Crippen LogP) is 4.35. The van der Waals surface area contributed by atoms with E-state index in [0.717, 1.165) is 23.9 Å². The summed E-state index contributed by atoms with van der Waals surface area (Å²) in [6.07, 6.45) is 2.29. The zero-order valence-electron chi connectivity index (χ0n) is 10.00. The Morgan fingerprint density at radius 3 is 2.78 bits per heavy atom. The van der Waals surface area contributed by atoms with Crippen LogP contribution in [0.2, 0.25) is 5.02 Å². The Hall–Kier alpha value is -0.0600. The van der Waals surface area contributed by atoms with Gasteiger partial charge in [-0.05, 0) is 37.0 Å². The van der Waals surface area contributed by atoms with Gasteiger partial charge in [0, 0.05) is 22.9 Å². The average Bonchev–Trinajstić information content (AvgIpc) is 2.29. The molecular weight excluding hydrogens is 381 g/mol. The lowest BCUT2D eigenvalue weighted by molar-refractivity contribution is 0.0749. The highest BCUT2D eigenvalue weighted by molar-refractivity contribution is 9.10. The van der Waals surface area contributed by atoms with Crippen molar-refractivity contribution in [1.29, 1.82) is 0 Å². The molecule has 1 aromatic rings. The Labute approximate surface area is 129 Å². The van der Waals surface area contributed by atoms with Crippen molar-refractivity contribution in [2.75, 3.05) is 13.6 Å². The molecule has 2 nitrogen and oxygen atoms in total. The third-order valence-corrected chi connectivity index (χ3v) is 4.79. The third kappa shape index (κ3) is 3.28. The maximum absolute atomic E-state index is 12.3. The Kier molecular flexibility index (Phi) is 4.73. The van der Waals surface area contributed by atoms with Crippen molar-refractivity contribution in [3.8, 4) is 0 Å². The summed E-state index contributed by atoms with van der Waals surface area (Å²) in [4.78, 5) is 14.7. The van der Waals surface area contributed by atoms with E-state index in [1.807, 2.05) is 13.1 Å². The van der Waals surface area contributed by atoms with Crippen LogP contribution >= 0.6 is 43.5 Å². The fraction of sp³-hybridized carbons (Fsp3) is 0.462. The summed E-state index contributed by atoms with van der Waals surface area (Å²) >= 11 is 13.0. The topological polar surface area (TPSA) is 20.3 Å². The summed E-state index contributed by atoms with van der Waals surface area (Å²) in [6.45, 7) is 0.795. The van der Waals surface area contributed by atoms with Crippen LogP contribution in [0.4, 0.5) is 0 Å². The molecule has 0 heterocycles. The van der Waals surface area contributed by atoms with Crippen molar-refractivity contribution < 1.29 is 4.79 Å². The van der Waals surface area contributed by atoms with Crippen molar-refractivity contribution in [1.82, 2.24) is 4.90 Å². The number of amides is 1. The zero-order chi connectivity index (χ0) is 13.3. The Bertz CT molecular complexity index is 460. The van der Waals surface area contributed by atoms with Gasteiger partial charge in [0.15, 0.2) is 0 Å². The molecule has 2 rings (SSSR count). The van der Waals surface area contributed by atoms with Gasteiger partial charge in [0.1, 0.15) is 0 Å². The number of hydrogen-bond acceptors (Lipinski definition) is 1. The van der Waals surface area contributed by atoms with Gasteiger partial charge in [-0.2, -0.15) is 0 Å². The molecule has 0 aromatic heterocycles. The standard InChI is InChI=1S/C13H14Br2ClNO/c1-17(7-8-4-10(15)5-8)13(18)11-6-9(14)2-3-12(11)16/h2-3,6,8,10H,4-5,7H2,1H3. The number of nitrogens with zero attached hydrogens (tertiary/aromatic N) is 1. The zero-order valence-corrected chi connectivity index (χ0v) is 13.9. The van der Waals surface area contributed by atoms with Gasteiger partial charge < -0.3 is 4.90 Å². The average molecular weight is 396 g/mol. The minimum Gasteiger partial charge on any atom is -0.341 e. The maximum Gasteiger partial charge on any atom is 0.255 e. The van der Waals surface area contributed by atoms with Gasteiger partial charge in [-0.3, -0.25) is 4.79 Å². The molecule has 0 aliphatic heterocycles. The van der Waals surface area contributed by atoms with Crippen molar-refractivity contribution in [2.45, 2.75) is 17.7 Å². The summed E-state index contributed by atoms with van der Waals surface area (Å²) in [6, 6.07) is 5.35. The second kappa shape index (κ2) is 5.93. The third-order valence-electron chi connectivity index (χ3n) is 3.22. The van der Waals surface area contributed by atoms with Crippen LogP contribution in [0.25, 0.3) is 0 Å². The number of alkyl halides is 1. The van der Waals surface area contributed by atoms with E-state index >= 15 is 0 Å². The minimum absolute atomic E-state index is 0.0145. The summed E-state index contributed by atoms with van der Waals surface area (Å²) in [7, 11) is 1.83. The minimum atomic E-state index is -0.0145.